The Bertz CT molecular complexity index is 1920. The number of hydrogen-bond donors (Lipinski definition) is 3. The normalized spacial score (nSPS) is 14.0. The summed E-state index contributed by atoms with van der Waals surface area (Å²) < 4.78 is 68.6. The first kappa shape index (κ1) is 97.1. The van der Waals surface area contributed by atoms with E-state index in [1.165, 1.54) is 225 Å². The Balaban J connectivity index is 5.22. The highest BCUT2D eigenvalue weighted by Crippen LogP contribution is 2.45. The van der Waals surface area contributed by atoms with Crippen molar-refractivity contribution in [1.82, 2.24) is 0 Å². The largest absolute Gasteiger partial charge is 0.472 e. The molecule has 0 aromatic rings. The molecule has 2 unspecified atom stereocenters. The predicted molar refractivity (Wildman–Crippen MR) is 405 cm³/mol. The van der Waals surface area contributed by atoms with Crippen molar-refractivity contribution in [2.24, 2.45) is 17.8 Å². The standard InChI is InChI=1S/C80H156O17P2/c1-8-9-10-11-12-13-14-15-16-17-18-19-20-21-26-29-32-42-49-56-63-79(84)96-75(67-90-77(82)61-54-47-40-31-28-25-23-22-24-27-30-37-44-51-58-71(2)3)69-94-98(86,87)92-65-74(81)66-93-99(88,89)95-70-76(97-80(85)64-57-50-43-36-34-39-46-53-60-73(6)7)68-91-78(83)62-55-48-41-35-33-38-45-52-59-72(4)5/h71-76,81H,8-70H2,1-7H3,(H,86,87)(H,88,89)/t74-,75-,76-/m1/s1. The van der Waals surface area contributed by atoms with Gasteiger partial charge in [-0.15, -0.1) is 0 Å². The van der Waals surface area contributed by atoms with Crippen LogP contribution in [0.3, 0.4) is 0 Å². The van der Waals surface area contributed by atoms with Crippen molar-refractivity contribution in [3.05, 3.63) is 0 Å². The summed E-state index contributed by atoms with van der Waals surface area (Å²) in [6, 6.07) is 0. The molecule has 0 aliphatic heterocycles. The van der Waals surface area contributed by atoms with E-state index in [-0.39, 0.29) is 25.7 Å². The zero-order valence-electron chi connectivity index (χ0n) is 65.0. The maximum atomic E-state index is 13.1. The van der Waals surface area contributed by atoms with Crippen LogP contribution in [0.4, 0.5) is 0 Å². The van der Waals surface area contributed by atoms with E-state index < -0.39 is 97.5 Å². The fourth-order valence-electron chi connectivity index (χ4n) is 12.3. The van der Waals surface area contributed by atoms with Crippen LogP contribution in [0, 0.1) is 17.8 Å². The summed E-state index contributed by atoms with van der Waals surface area (Å²) >= 11 is 0. The van der Waals surface area contributed by atoms with Gasteiger partial charge in [-0.05, 0) is 43.4 Å². The van der Waals surface area contributed by atoms with Gasteiger partial charge in [-0.1, -0.05) is 363 Å². The van der Waals surface area contributed by atoms with Crippen LogP contribution in [0.2, 0.25) is 0 Å². The van der Waals surface area contributed by atoms with Gasteiger partial charge in [0.25, 0.3) is 0 Å². The van der Waals surface area contributed by atoms with E-state index in [0.29, 0.717) is 25.7 Å². The highest BCUT2D eigenvalue weighted by atomic mass is 31.2. The van der Waals surface area contributed by atoms with Crippen molar-refractivity contribution in [3.63, 3.8) is 0 Å². The molecule has 5 atom stereocenters. The Kier molecular flexibility index (Phi) is 69.0. The maximum absolute atomic E-state index is 13.1. The molecule has 0 aliphatic rings. The minimum absolute atomic E-state index is 0.104. The lowest BCUT2D eigenvalue weighted by Gasteiger charge is -2.21. The third-order valence-corrected chi connectivity index (χ3v) is 20.5. The van der Waals surface area contributed by atoms with Crippen LogP contribution in [0.15, 0.2) is 0 Å². The number of carbonyl (C=O) groups excluding carboxylic acids is 4. The second-order valence-electron chi connectivity index (χ2n) is 30.2. The van der Waals surface area contributed by atoms with Crippen LogP contribution in [-0.2, 0) is 65.4 Å². The number of aliphatic hydroxyl groups is 1. The minimum Gasteiger partial charge on any atom is -0.462 e. The summed E-state index contributed by atoms with van der Waals surface area (Å²) in [6.07, 6.45) is 58.5. The Hall–Kier alpha value is -1.94. The van der Waals surface area contributed by atoms with Gasteiger partial charge < -0.3 is 33.8 Å². The van der Waals surface area contributed by atoms with Crippen molar-refractivity contribution < 1.29 is 80.2 Å². The van der Waals surface area contributed by atoms with Crippen molar-refractivity contribution in [2.75, 3.05) is 39.6 Å². The van der Waals surface area contributed by atoms with Crippen molar-refractivity contribution in [2.45, 2.75) is 433 Å². The molecule has 0 bridgehead atoms. The molecule has 3 N–H and O–H groups in total. The summed E-state index contributed by atoms with van der Waals surface area (Å²) in [6.45, 7) is 11.9. The number of ether oxygens (including phenoxy) is 4. The summed E-state index contributed by atoms with van der Waals surface area (Å²) in [5, 5.41) is 10.6. The first-order valence-electron chi connectivity index (χ1n) is 41.3. The van der Waals surface area contributed by atoms with Crippen LogP contribution >= 0.6 is 15.6 Å². The smallest absolute Gasteiger partial charge is 0.462 e. The molecule has 0 aromatic heterocycles. The number of phosphoric acid groups is 2. The summed E-state index contributed by atoms with van der Waals surface area (Å²) in [4.78, 5) is 72.9. The number of phosphoric ester groups is 2. The second kappa shape index (κ2) is 70.4. The van der Waals surface area contributed by atoms with Gasteiger partial charge in [0.2, 0.25) is 0 Å². The first-order valence-corrected chi connectivity index (χ1v) is 44.3. The van der Waals surface area contributed by atoms with Crippen molar-refractivity contribution >= 4 is 39.5 Å². The molecule has 0 heterocycles. The highest BCUT2D eigenvalue weighted by Gasteiger charge is 2.30. The van der Waals surface area contributed by atoms with Gasteiger partial charge in [-0.2, -0.15) is 0 Å². The maximum Gasteiger partial charge on any atom is 0.472 e. The van der Waals surface area contributed by atoms with E-state index in [1.807, 2.05) is 0 Å². The van der Waals surface area contributed by atoms with E-state index in [4.69, 9.17) is 37.0 Å². The monoisotopic (exact) mass is 1450 g/mol. The molecule has 0 saturated carbocycles. The molecule has 0 aromatic carbocycles. The lowest BCUT2D eigenvalue weighted by atomic mass is 10.0. The molecule has 0 rings (SSSR count). The van der Waals surface area contributed by atoms with E-state index in [2.05, 4.69) is 48.5 Å². The lowest BCUT2D eigenvalue weighted by Crippen LogP contribution is -2.30. The fraction of sp³-hybridized carbons (Fsp3) is 0.950. The molecule has 588 valence electrons. The molecular weight excluding hydrogens is 1290 g/mol. The molecule has 0 aliphatic carbocycles. The Morgan fingerprint density at radius 3 is 0.687 bits per heavy atom. The zero-order chi connectivity index (χ0) is 73.0. The third kappa shape index (κ3) is 74.1. The van der Waals surface area contributed by atoms with Crippen LogP contribution < -0.4 is 0 Å². The average molecular weight is 1450 g/mol. The molecule has 0 saturated heterocycles. The Morgan fingerprint density at radius 1 is 0.273 bits per heavy atom. The van der Waals surface area contributed by atoms with E-state index in [9.17, 15) is 43.2 Å². The number of carbonyl (C=O) groups is 4. The summed E-state index contributed by atoms with van der Waals surface area (Å²) in [5.41, 5.74) is 0. The van der Waals surface area contributed by atoms with Gasteiger partial charge in [-0.25, -0.2) is 9.13 Å². The van der Waals surface area contributed by atoms with Crippen LogP contribution in [-0.4, -0.2) is 96.7 Å². The molecule has 19 heteroatoms. The third-order valence-electron chi connectivity index (χ3n) is 18.6. The number of rotatable bonds is 78. The second-order valence-corrected chi connectivity index (χ2v) is 33.1. The van der Waals surface area contributed by atoms with Crippen LogP contribution in [0.25, 0.3) is 0 Å². The van der Waals surface area contributed by atoms with Gasteiger partial charge >= 0.3 is 39.5 Å². The van der Waals surface area contributed by atoms with E-state index in [0.717, 1.165) is 108 Å². The number of esters is 4. The van der Waals surface area contributed by atoms with Crippen LogP contribution in [0.5, 0.6) is 0 Å². The van der Waals surface area contributed by atoms with Crippen molar-refractivity contribution in [3.8, 4) is 0 Å². The Labute approximate surface area is 607 Å². The topological polar surface area (TPSA) is 237 Å². The molecule has 0 amide bonds. The molecule has 99 heavy (non-hydrogen) atoms. The van der Waals surface area contributed by atoms with Gasteiger partial charge in [0.15, 0.2) is 12.2 Å². The first-order chi connectivity index (χ1) is 47.7. The fourth-order valence-corrected chi connectivity index (χ4v) is 13.9. The van der Waals surface area contributed by atoms with Crippen molar-refractivity contribution in [1.29, 1.82) is 0 Å². The molecular formula is C80H156O17P2. The number of unbranched alkanes of at least 4 members (excludes halogenated alkanes) is 46. The quantitative estimate of drug-likeness (QED) is 0.0222. The molecule has 0 spiro atoms. The van der Waals surface area contributed by atoms with Gasteiger partial charge in [0, 0.05) is 25.7 Å². The summed E-state index contributed by atoms with van der Waals surface area (Å²) in [7, 11) is -9.92. The van der Waals surface area contributed by atoms with E-state index >= 15 is 0 Å². The van der Waals surface area contributed by atoms with Gasteiger partial charge in [-0.3, -0.25) is 37.3 Å². The van der Waals surface area contributed by atoms with Gasteiger partial charge in [0.1, 0.15) is 19.3 Å². The van der Waals surface area contributed by atoms with Gasteiger partial charge in [0.05, 0.1) is 26.4 Å². The zero-order valence-corrected chi connectivity index (χ0v) is 66.8. The van der Waals surface area contributed by atoms with Crippen LogP contribution in [0.1, 0.15) is 414 Å². The average Bonchev–Trinajstić information content (AvgIpc) is 0.981. The predicted octanol–water partition coefficient (Wildman–Crippen LogP) is 23.7. The highest BCUT2D eigenvalue weighted by molar-refractivity contribution is 7.47. The SMILES string of the molecule is CCCCCCCCCCCCCCCCCCCCCCC(=O)O[C@H](COC(=O)CCCCCCCCCCCCCCCCC(C)C)COP(=O)(O)OC[C@@H](O)COP(=O)(O)OC[C@@H](COC(=O)CCCCCCCCCCC(C)C)OC(=O)CCCCCCCCCCC(C)C. The number of aliphatic hydroxyl groups excluding tert-OH is 1. The number of hydrogen-bond acceptors (Lipinski definition) is 15. The Morgan fingerprint density at radius 2 is 0.465 bits per heavy atom. The summed E-state index contributed by atoms with van der Waals surface area (Å²) in [5.74, 6) is 0.128. The molecule has 0 radical (unpaired) electrons. The lowest BCUT2D eigenvalue weighted by molar-refractivity contribution is -0.161. The van der Waals surface area contributed by atoms with E-state index in [1.54, 1.807) is 0 Å². The minimum atomic E-state index is -4.96. The molecule has 0 fully saturated rings. The molecule has 17 nitrogen and oxygen atoms in total.